The predicted octanol–water partition coefficient (Wildman–Crippen LogP) is 5.19. The Morgan fingerprint density at radius 3 is 2.07 bits per heavy atom. The summed E-state index contributed by atoms with van der Waals surface area (Å²) in [5.41, 5.74) is 1.41. The number of carbonyl (C=O) groups excluding carboxylic acids is 2. The van der Waals surface area contributed by atoms with Gasteiger partial charge in [-0.1, -0.05) is 41.4 Å². The highest BCUT2D eigenvalue weighted by Crippen LogP contribution is 2.32. The molecule has 0 saturated heterocycles. The van der Waals surface area contributed by atoms with Gasteiger partial charge in [-0.05, 0) is 76.6 Å². The number of hydrogen-bond donors (Lipinski definition) is 1. The van der Waals surface area contributed by atoms with Gasteiger partial charge in [0.1, 0.15) is 12.6 Å². The van der Waals surface area contributed by atoms with Crippen molar-refractivity contribution in [3.63, 3.8) is 0 Å². The standard InChI is InChI=1S/C31H38ClN3O6S/c1-21-8-14-25(15-9-21)35(42(38,39)26-16-17-27(40-6)28(18-26)41-7)20-29(36)34(19-23-10-12-24(32)13-11-23)22(2)30(37)33-31(3,4)5/h8-18,22H,19-20H2,1-7H3,(H,33,37)/t22-/m0/s1. The Labute approximate surface area is 253 Å². The number of ether oxygens (including phenoxy) is 2. The fourth-order valence-electron chi connectivity index (χ4n) is 4.19. The SMILES string of the molecule is COc1ccc(S(=O)(=O)N(CC(=O)N(Cc2ccc(Cl)cc2)[C@@H](C)C(=O)NC(C)(C)C)c2ccc(C)cc2)cc1OC. The summed E-state index contributed by atoms with van der Waals surface area (Å²) in [6.07, 6.45) is 0. The Morgan fingerprint density at radius 1 is 0.929 bits per heavy atom. The van der Waals surface area contributed by atoms with Crippen LogP contribution in [-0.2, 0) is 26.2 Å². The third kappa shape index (κ3) is 8.17. The normalized spacial score (nSPS) is 12.3. The molecule has 9 nitrogen and oxygen atoms in total. The second kappa shape index (κ2) is 13.5. The van der Waals surface area contributed by atoms with Crippen LogP contribution in [0.4, 0.5) is 5.69 Å². The minimum Gasteiger partial charge on any atom is -0.493 e. The molecule has 0 aliphatic heterocycles. The van der Waals surface area contributed by atoms with Crippen LogP contribution in [-0.4, -0.2) is 57.5 Å². The van der Waals surface area contributed by atoms with Crippen molar-refractivity contribution < 1.29 is 27.5 Å². The van der Waals surface area contributed by atoms with E-state index in [9.17, 15) is 18.0 Å². The summed E-state index contributed by atoms with van der Waals surface area (Å²) in [4.78, 5) is 28.5. The summed E-state index contributed by atoms with van der Waals surface area (Å²) in [6, 6.07) is 17.0. The number of nitrogens with one attached hydrogen (secondary N) is 1. The molecular formula is C31H38ClN3O6S. The summed E-state index contributed by atoms with van der Waals surface area (Å²) in [5.74, 6) is -0.339. The molecule has 0 bridgehead atoms. The largest absolute Gasteiger partial charge is 0.493 e. The first-order valence-corrected chi connectivity index (χ1v) is 15.2. The van der Waals surface area contributed by atoms with Crippen LogP contribution in [0.25, 0.3) is 0 Å². The first-order valence-electron chi connectivity index (χ1n) is 13.3. The molecule has 0 heterocycles. The van der Waals surface area contributed by atoms with Crippen LogP contribution < -0.4 is 19.1 Å². The number of nitrogens with zero attached hydrogens (tertiary/aromatic N) is 2. The maximum absolute atomic E-state index is 14.1. The molecule has 3 aromatic rings. The van der Waals surface area contributed by atoms with Crippen molar-refractivity contribution in [1.82, 2.24) is 10.2 Å². The average Bonchev–Trinajstić information content (AvgIpc) is 2.94. The lowest BCUT2D eigenvalue weighted by atomic mass is 10.1. The van der Waals surface area contributed by atoms with Crippen molar-refractivity contribution in [2.45, 2.75) is 57.6 Å². The minimum atomic E-state index is -4.27. The van der Waals surface area contributed by atoms with Gasteiger partial charge in [0.2, 0.25) is 11.8 Å². The summed E-state index contributed by atoms with van der Waals surface area (Å²) < 4.78 is 39.8. The number of methoxy groups -OCH3 is 2. The van der Waals surface area contributed by atoms with Crippen LogP contribution in [0.3, 0.4) is 0 Å². The van der Waals surface area contributed by atoms with E-state index < -0.39 is 34.1 Å². The van der Waals surface area contributed by atoms with Gasteiger partial charge in [-0.25, -0.2) is 8.42 Å². The summed E-state index contributed by atoms with van der Waals surface area (Å²) in [5, 5.41) is 3.44. The Hall–Kier alpha value is -3.76. The van der Waals surface area contributed by atoms with Crippen molar-refractivity contribution in [1.29, 1.82) is 0 Å². The average molecular weight is 616 g/mol. The predicted molar refractivity (Wildman–Crippen MR) is 165 cm³/mol. The second-order valence-electron chi connectivity index (χ2n) is 10.9. The number of anilines is 1. The van der Waals surface area contributed by atoms with Crippen LogP contribution in [0, 0.1) is 6.92 Å². The second-order valence-corrected chi connectivity index (χ2v) is 13.2. The lowest BCUT2D eigenvalue weighted by Gasteiger charge is -2.33. The first-order chi connectivity index (χ1) is 19.7. The van der Waals surface area contributed by atoms with Gasteiger partial charge in [0.05, 0.1) is 24.8 Å². The summed E-state index contributed by atoms with van der Waals surface area (Å²) in [7, 11) is -1.41. The molecule has 0 unspecified atom stereocenters. The number of aryl methyl sites for hydroxylation is 1. The highest BCUT2D eigenvalue weighted by molar-refractivity contribution is 7.92. The van der Waals surface area contributed by atoms with E-state index in [4.69, 9.17) is 21.1 Å². The molecule has 3 aromatic carbocycles. The zero-order valence-electron chi connectivity index (χ0n) is 25.0. The number of amides is 2. The van der Waals surface area contributed by atoms with Crippen molar-refractivity contribution in [3.8, 4) is 11.5 Å². The molecule has 1 atom stereocenters. The van der Waals surface area contributed by atoms with Gasteiger partial charge >= 0.3 is 0 Å². The topological polar surface area (TPSA) is 105 Å². The molecular weight excluding hydrogens is 578 g/mol. The number of rotatable bonds is 11. The molecule has 3 rings (SSSR count). The van der Waals surface area contributed by atoms with Crippen LogP contribution in [0.2, 0.25) is 5.02 Å². The van der Waals surface area contributed by atoms with E-state index in [0.29, 0.717) is 16.5 Å². The summed E-state index contributed by atoms with van der Waals surface area (Å²) >= 11 is 6.06. The van der Waals surface area contributed by atoms with Gasteiger partial charge in [-0.3, -0.25) is 13.9 Å². The molecule has 42 heavy (non-hydrogen) atoms. The third-order valence-electron chi connectivity index (χ3n) is 6.48. The molecule has 0 aromatic heterocycles. The van der Waals surface area contributed by atoms with Crippen LogP contribution in [0.15, 0.2) is 71.6 Å². The maximum atomic E-state index is 14.1. The molecule has 2 amide bonds. The highest BCUT2D eigenvalue weighted by atomic mass is 35.5. The number of halogens is 1. The molecule has 0 aliphatic carbocycles. The van der Waals surface area contributed by atoms with Crippen molar-refractivity contribution in [2.75, 3.05) is 25.1 Å². The molecule has 11 heteroatoms. The van der Waals surface area contributed by atoms with Gasteiger partial charge in [0.15, 0.2) is 11.5 Å². The molecule has 0 spiro atoms. The van der Waals surface area contributed by atoms with E-state index in [1.807, 2.05) is 27.7 Å². The smallest absolute Gasteiger partial charge is 0.264 e. The monoisotopic (exact) mass is 615 g/mol. The van der Waals surface area contributed by atoms with Gasteiger partial charge in [-0.2, -0.15) is 0 Å². The lowest BCUT2D eigenvalue weighted by Crippen LogP contribution is -2.54. The molecule has 226 valence electrons. The molecule has 0 fully saturated rings. The Bertz CT molecular complexity index is 1500. The van der Waals surface area contributed by atoms with E-state index in [0.717, 1.165) is 15.4 Å². The number of sulfonamides is 1. The lowest BCUT2D eigenvalue weighted by molar-refractivity contribution is -0.140. The Morgan fingerprint density at radius 2 is 1.52 bits per heavy atom. The Kier molecular flexibility index (Phi) is 10.5. The van der Waals surface area contributed by atoms with Gasteiger partial charge in [-0.15, -0.1) is 0 Å². The van der Waals surface area contributed by atoms with E-state index >= 15 is 0 Å². The molecule has 0 radical (unpaired) electrons. The molecule has 0 saturated carbocycles. The van der Waals surface area contributed by atoms with Crippen molar-refractivity contribution >= 4 is 39.1 Å². The number of benzene rings is 3. The van der Waals surface area contributed by atoms with Gasteiger partial charge < -0.3 is 19.7 Å². The maximum Gasteiger partial charge on any atom is 0.264 e. The van der Waals surface area contributed by atoms with E-state index in [1.54, 1.807) is 55.5 Å². The van der Waals surface area contributed by atoms with Gasteiger partial charge in [0.25, 0.3) is 10.0 Å². The molecule has 1 N–H and O–H groups in total. The fourth-order valence-corrected chi connectivity index (χ4v) is 5.74. The Balaban J connectivity index is 2.07. The molecule has 0 aliphatic rings. The van der Waals surface area contributed by atoms with Crippen LogP contribution in [0.1, 0.15) is 38.8 Å². The van der Waals surface area contributed by atoms with E-state index in [-0.39, 0.29) is 23.1 Å². The van der Waals surface area contributed by atoms with Crippen LogP contribution >= 0.6 is 11.6 Å². The van der Waals surface area contributed by atoms with Crippen molar-refractivity contribution in [3.05, 3.63) is 82.9 Å². The van der Waals surface area contributed by atoms with Crippen LogP contribution in [0.5, 0.6) is 11.5 Å². The van der Waals surface area contributed by atoms with Crippen molar-refractivity contribution in [2.24, 2.45) is 0 Å². The number of hydrogen-bond acceptors (Lipinski definition) is 6. The third-order valence-corrected chi connectivity index (χ3v) is 8.50. The zero-order valence-corrected chi connectivity index (χ0v) is 26.5. The zero-order chi connectivity index (χ0) is 31.2. The summed E-state index contributed by atoms with van der Waals surface area (Å²) in [6.45, 7) is 8.54. The van der Waals surface area contributed by atoms with E-state index in [2.05, 4.69) is 5.32 Å². The minimum absolute atomic E-state index is 0.0624. The fraction of sp³-hybridized carbons (Fsp3) is 0.355. The number of carbonyl (C=O) groups is 2. The quantitative estimate of drug-likeness (QED) is 0.318. The van der Waals surface area contributed by atoms with E-state index in [1.165, 1.54) is 37.3 Å². The highest BCUT2D eigenvalue weighted by Gasteiger charge is 2.33. The van der Waals surface area contributed by atoms with Gasteiger partial charge in [0, 0.05) is 23.2 Å². The first kappa shape index (κ1) is 32.8.